The molecule has 1 fully saturated rings. The fourth-order valence-electron chi connectivity index (χ4n) is 2.95. The van der Waals surface area contributed by atoms with Crippen molar-refractivity contribution in [2.24, 2.45) is 11.8 Å². The van der Waals surface area contributed by atoms with Crippen molar-refractivity contribution in [3.05, 3.63) is 0 Å². The molecule has 1 aliphatic rings. The van der Waals surface area contributed by atoms with E-state index in [2.05, 4.69) is 6.92 Å². The smallest absolute Gasteiger partial charge is 0.0433 e. The third-order valence-electron chi connectivity index (χ3n) is 3.89. The van der Waals surface area contributed by atoms with E-state index < -0.39 is 0 Å². The Balaban J connectivity index is 2.21. The van der Waals surface area contributed by atoms with Crippen molar-refractivity contribution in [3.63, 3.8) is 0 Å². The third kappa shape index (κ3) is 5.55. The van der Waals surface area contributed by atoms with E-state index in [1.165, 1.54) is 57.8 Å². The highest BCUT2D eigenvalue weighted by Crippen LogP contribution is 2.31. The highest BCUT2D eigenvalue weighted by molar-refractivity contribution is 4.70. The fraction of sp³-hybridized carbons (Fsp3) is 1.00. The van der Waals surface area contributed by atoms with E-state index in [9.17, 15) is 0 Å². The molecule has 1 aliphatic carbocycles. The van der Waals surface area contributed by atoms with Crippen molar-refractivity contribution in [1.29, 1.82) is 0 Å². The quantitative estimate of drug-likeness (QED) is 0.672. The first kappa shape index (κ1) is 13.0. The Bertz CT molecular complexity index is 138. The van der Waals surface area contributed by atoms with Gasteiger partial charge in [0.15, 0.2) is 0 Å². The predicted molar refractivity (Wildman–Crippen MR) is 65.9 cm³/mol. The van der Waals surface area contributed by atoms with Gasteiger partial charge in [0.05, 0.1) is 0 Å². The summed E-state index contributed by atoms with van der Waals surface area (Å²) in [6, 6.07) is 0. The molecular formula is C14H28O. The van der Waals surface area contributed by atoms with Crippen LogP contribution in [0.3, 0.4) is 0 Å². The lowest BCUT2D eigenvalue weighted by atomic mass is 9.80. The van der Waals surface area contributed by atoms with Crippen LogP contribution in [0.5, 0.6) is 0 Å². The minimum atomic E-state index is 0.390. The zero-order chi connectivity index (χ0) is 10.9. The molecule has 15 heavy (non-hydrogen) atoms. The second kappa shape index (κ2) is 8.15. The first-order valence-electron chi connectivity index (χ1n) is 6.97. The van der Waals surface area contributed by atoms with E-state index >= 15 is 0 Å². The average Bonchev–Trinajstić information content (AvgIpc) is 2.28. The molecule has 1 atom stereocenters. The molecule has 0 aromatic carbocycles. The topological polar surface area (TPSA) is 20.2 Å². The van der Waals surface area contributed by atoms with E-state index in [0.29, 0.717) is 6.61 Å². The van der Waals surface area contributed by atoms with Crippen LogP contribution in [0.15, 0.2) is 0 Å². The highest BCUT2D eigenvalue weighted by Gasteiger charge is 2.18. The van der Waals surface area contributed by atoms with Crippen molar-refractivity contribution >= 4 is 0 Å². The third-order valence-corrected chi connectivity index (χ3v) is 3.89. The fourth-order valence-corrected chi connectivity index (χ4v) is 2.95. The summed E-state index contributed by atoms with van der Waals surface area (Å²) in [7, 11) is 0. The Labute approximate surface area is 95.3 Å². The van der Waals surface area contributed by atoms with Crippen LogP contribution in [0.2, 0.25) is 0 Å². The SMILES string of the molecule is CCCCC(CCO)CC1CCCCC1. The lowest BCUT2D eigenvalue weighted by Gasteiger charge is -2.26. The molecule has 0 aromatic rings. The van der Waals surface area contributed by atoms with Gasteiger partial charge in [-0.3, -0.25) is 0 Å². The van der Waals surface area contributed by atoms with Gasteiger partial charge >= 0.3 is 0 Å². The van der Waals surface area contributed by atoms with Crippen molar-refractivity contribution in [2.45, 2.75) is 71.1 Å². The maximum Gasteiger partial charge on any atom is 0.0433 e. The Hall–Kier alpha value is -0.0400. The standard InChI is InChI=1S/C14H28O/c1-2-3-7-14(10-11-15)12-13-8-5-4-6-9-13/h13-15H,2-12H2,1H3. The largest absolute Gasteiger partial charge is 0.396 e. The van der Waals surface area contributed by atoms with E-state index in [1.54, 1.807) is 0 Å². The zero-order valence-electron chi connectivity index (χ0n) is 10.4. The summed E-state index contributed by atoms with van der Waals surface area (Å²) < 4.78 is 0. The normalized spacial score (nSPS) is 20.4. The van der Waals surface area contributed by atoms with Crippen LogP contribution in [-0.2, 0) is 0 Å². The van der Waals surface area contributed by atoms with Gasteiger partial charge in [-0.05, 0) is 24.7 Å². The lowest BCUT2D eigenvalue weighted by molar-refractivity contribution is 0.213. The summed E-state index contributed by atoms with van der Waals surface area (Å²) in [6.45, 7) is 2.65. The minimum absolute atomic E-state index is 0.390. The van der Waals surface area contributed by atoms with Gasteiger partial charge in [-0.15, -0.1) is 0 Å². The first-order valence-corrected chi connectivity index (χ1v) is 6.97. The summed E-state index contributed by atoms with van der Waals surface area (Å²) in [4.78, 5) is 0. The molecule has 0 radical (unpaired) electrons. The Morgan fingerprint density at radius 2 is 1.87 bits per heavy atom. The van der Waals surface area contributed by atoms with Crippen molar-refractivity contribution in [1.82, 2.24) is 0 Å². The minimum Gasteiger partial charge on any atom is -0.396 e. The van der Waals surface area contributed by atoms with Gasteiger partial charge in [0, 0.05) is 6.61 Å². The number of hydrogen-bond donors (Lipinski definition) is 1. The van der Waals surface area contributed by atoms with Crippen LogP contribution < -0.4 is 0 Å². The molecule has 0 amide bonds. The molecule has 0 saturated heterocycles. The van der Waals surface area contributed by atoms with Gasteiger partial charge in [-0.1, -0.05) is 58.3 Å². The monoisotopic (exact) mass is 212 g/mol. The van der Waals surface area contributed by atoms with Crippen LogP contribution >= 0.6 is 0 Å². The summed E-state index contributed by atoms with van der Waals surface area (Å²) in [5.41, 5.74) is 0. The highest BCUT2D eigenvalue weighted by atomic mass is 16.3. The van der Waals surface area contributed by atoms with Crippen LogP contribution in [-0.4, -0.2) is 11.7 Å². The molecule has 0 bridgehead atoms. The van der Waals surface area contributed by atoms with Crippen molar-refractivity contribution in [3.8, 4) is 0 Å². The van der Waals surface area contributed by atoms with E-state index in [0.717, 1.165) is 18.3 Å². The Morgan fingerprint density at radius 1 is 1.13 bits per heavy atom. The van der Waals surface area contributed by atoms with Gasteiger partial charge in [-0.2, -0.15) is 0 Å². The average molecular weight is 212 g/mol. The molecule has 0 heterocycles. The maximum absolute atomic E-state index is 9.07. The Kier molecular flexibility index (Phi) is 7.08. The lowest BCUT2D eigenvalue weighted by Crippen LogP contribution is -2.13. The molecule has 1 unspecified atom stereocenters. The molecule has 90 valence electrons. The second-order valence-corrected chi connectivity index (χ2v) is 5.26. The van der Waals surface area contributed by atoms with Gasteiger partial charge in [0.25, 0.3) is 0 Å². The molecular weight excluding hydrogens is 184 g/mol. The van der Waals surface area contributed by atoms with Gasteiger partial charge in [0.1, 0.15) is 0 Å². The summed E-state index contributed by atoms with van der Waals surface area (Å²) >= 11 is 0. The van der Waals surface area contributed by atoms with Crippen molar-refractivity contribution < 1.29 is 5.11 Å². The predicted octanol–water partition coefficient (Wildman–Crippen LogP) is 4.15. The summed E-state index contributed by atoms with van der Waals surface area (Å²) in [6.07, 6.45) is 13.7. The molecule has 0 spiro atoms. The van der Waals surface area contributed by atoms with Gasteiger partial charge in [-0.25, -0.2) is 0 Å². The van der Waals surface area contributed by atoms with E-state index in [-0.39, 0.29) is 0 Å². The maximum atomic E-state index is 9.07. The Morgan fingerprint density at radius 3 is 2.47 bits per heavy atom. The first-order chi connectivity index (χ1) is 7.36. The molecule has 1 N–H and O–H groups in total. The molecule has 1 nitrogen and oxygen atoms in total. The zero-order valence-corrected chi connectivity index (χ0v) is 10.4. The second-order valence-electron chi connectivity index (χ2n) is 5.26. The molecule has 0 aliphatic heterocycles. The molecule has 1 saturated carbocycles. The number of unbranched alkanes of at least 4 members (excludes halogenated alkanes) is 1. The summed E-state index contributed by atoms with van der Waals surface area (Å²) in [5, 5.41) is 9.07. The number of aliphatic hydroxyl groups excluding tert-OH is 1. The molecule has 0 aromatic heterocycles. The molecule has 1 rings (SSSR count). The van der Waals surface area contributed by atoms with Gasteiger partial charge < -0.3 is 5.11 Å². The van der Waals surface area contributed by atoms with Crippen LogP contribution in [0, 0.1) is 11.8 Å². The van der Waals surface area contributed by atoms with Crippen LogP contribution in [0.1, 0.15) is 71.1 Å². The van der Waals surface area contributed by atoms with Crippen LogP contribution in [0.4, 0.5) is 0 Å². The number of hydrogen-bond acceptors (Lipinski definition) is 1. The summed E-state index contributed by atoms with van der Waals surface area (Å²) in [5.74, 6) is 1.78. The van der Waals surface area contributed by atoms with Gasteiger partial charge in [0.2, 0.25) is 0 Å². The number of aliphatic hydroxyl groups is 1. The van der Waals surface area contributed by atoms with Crippen molar-refractivity contribution in [2.75, 3.05) is 6.61 Å². The molecule has 1 heteroatoms. The van der Waals surface area contributed by atoms with Crippen LogP contribution in [0.25, 0.3) is 0 Å². The van der Waals surface area contributed by atoms with E-state index in [1.807, 2.05) is 0 Å². The number of rotatable bonds is 7. The van der Waals surface area contributed by atoms with E-state index in [4.69, 9.17) is 5.11 Å².